The summed E-state index contributed by atoms with van der Waals surface area (Å²) >= 11 is 0. The van der Waals surface area contributed by atoms with E-state index in [9.17, 15) is 0 Å². The van der Waals surface area contributed by atoms with Crippen molar-refractivity contribution in [3.8, 4) is 0 Å². The van der Waals surface area contributed by atoms with E-state index in [0.717, 1.165) is 6.42 Å². The molecule has 0 N–H and O–H groups in total. The van der Waals surface area contributed by atoms with E-state index >= 15 is 0 Å². The predicted molar refractivity (Wildman–Crippen MR) is 298 cm³/mol. The van der Waals surface area contributed by atoms with Crippen molar-refractivity contribution < 1.29 is 0 Å². The van der Waals surface area contributed by atoms with E-state index in [4.69, 9.17) is 0 Å². The van der Waals surface area contributed by atoms with Gasteiger partial charge in [-0.05, 0) is 92.8 Å². The van der Waals surface area contributed by atoms with Crippen molar-refractivity contribution in [2.75, 3.05) is 9.80 Å². The summed E-state index contributed by atoms with van der Waals surface area (Å²) in [6, 6.07) is 58.3. The molecule has 4 aliphatic rings. The minimum absolute atomic E-state index is 0.00593. The van der Waals surface area contributed by atoms with Crippen molar-refractivity contribution >= 4 is 53.4 Å². The molecular weight excluding hydrogens is 836 g/mol. The Morgan fingerprint density at radius 3 is 1.68 bits per heavy atom. The molecular formula is C64H71BN2Si. The fourth-order valence-electron chi connectivity index (χ4n) is 11.9. The van der Waals surface area contributed by atoms with Crippen LogP contribution in [0.1, 0.15) is 97.9 Å². The zero-order valence-corrected chi connectivity index (χ0v) is 43.7. The third-order valence-corrected chi connectivity index (χ3v) is 20.1. The summed E-state index contributed by atoms with van der Waals surface area (Å²) < 4.78 is 0. The van der Waals surface area contributed by atoms with Gasteiger partial charge in [-0.2, -0.15) is 0 Å². The van der Waals surface area contributed by atoms with Crippen molar-refractivity contribution in [3.05, 3.63) is 221 Å². The maximum Gasteiger partial charge on any atom is 0.221 e. The zero-order chi connectivity index (χ0) is 48.0. The van der Waals surface area contributed by atoms with E-state index < -0.39 is 8.07 Å². The molecule has 344 valence electrons. The molecule has 0 saturated heterocycles. The van der Waals surface area contributed by atoms with Crippen molar-refractivity contribution in [2.24, 2.45) is 5.41 Å². The summed E-state index contributed by atoms with van der Waals surface area (Å²) in [5.74, 6) is 0.191. The lowest BCUT2D eigenvalue weighted by Gasteiger charge is -2.55. The average molecular weight is 907 g/mol. The van der Waals surface area contributed by atoms with Crippen molar-refractivity contribution in [1.82, 2.24) is 0 Å². The van der Waals surface area contributed by atoms with Crippen LogP contribution in [0, 0.1) is 5.41 Å². The summed E-state index contributed by atoms with van der Waals surface area (Å²) in [5.41, 5.74) is 16.2. The molecule has 4 heteroatoms. The Labute approximate surface area is 410 Å². The van der Waals surface area contributed by atoms with E-state index in [0.29, 0.717) is 0 Å². The second-order valence-electron chi connectivity index (χ2n) is 23.8. The maximum absolute atomic E-state index is 2.80. The van der Waals surface area contributed by atoms with Crippen molar-refractivity contribution in [2.45, 2.75) is 123 Å². The molecule has 6 aromatic rings. The highest BCUT2D eigenvalue weighted by molar-refractivity contribution is 7.00. The first-order chi connectivity index (χ1) is 32.3. The second kappa shape index (κ2) is 16.7. The number of hydrogen-bond donors (Lipinski definition) is 0. The van der Waals surface area contributed by atoms with Gasteiger partial charge < -0.3 is 9.80 Å². The predicted octanol–water partition coefficient (Wildman–Crippen LogP) is 14.6. The van der Waals surface area contributed by atoms with Crippen LogP contribution in [-0.4, -0.2) is 26.9 Å². The smallest absolute Gasteiger partial charge is 0.221 e. The fraction of sp³-hybridized carbons (Fsp3) is 0.312. The van der Waals surface area contributed by atoms with E-state index in [1.54, 1.807) is 5.47 Å². The van der Waals surface area contributed by atoms with Gasteiger partial charge in [0.1, 0.15) is 8.07 Å². The zero-order valence-electron chi connectivity index (χ0n) is 42.7. The van der Waals surface area contributed by atoms with Gasteiger partial charge >= 0.3 is 0 Å². The quantitative estimate of drug-likeness (QED) is 0.140. The van der Waals surface area contributed by atoms with Crippen LogP contribution in [0.15, 0.2) is 199 Å². The third kappa shape index (κ3) is 7.81. The minimum atomic E-state index is -2.25. The molecule has 0 bridgehead atoms. The molecule has 2 heterocycles. The lowest BCUT2D eigenvalue weighted by atomic mass is 9.27. The molecule has 3 unspecified atom stereocenters. The highest BCUT2D eigenvalue weighted by Crippen LogP contribution is 2.53. The summed E-state index contributed by atoms with van der Waals surface area (Å²) in [7, 11) is -2.25. The standard InChI is InChI=1S/C64H71BN2Si/c1-61(2,3)47-27-22-28-51(39-47)67-57-41-48(62(4,5)6)33-37-54(57)65-55-40-49(64(9,10)45-25-18-14-19-26-45)34-38-56(55)66(50-35-31-46(32-36-50)63(7,8)44-23-16-13-17-24-44)58-42-53(43-59(67)60(58)65)68(11,12)52-29-20-15-21-30-52/h13-40,42-43,55-57H,41H2,1-12H3. The van der Waals surface area contributed by atoms with Gasteiger partial charge in [0, 0.05) is 33.6 Å². The van der Waals surface area contributed by atoms with Crippen LogP contribution < -0.4 is 25.6 Å². The highest BCUT2D eigenvalue weighted by Gasteiger charge is 2.53. The van der Waals surface area contributed by atoms with Gasteiger partial charge in [-0.3, -0.25) is 0 Å². The average Bonchev–Trinajstić information content (AvgIpc) is 3.33. The normalized spacial score (nSPS) is 19.4. The lowest BCUT2D eigenvalue weighted by molar-refractivity contribution is 0.469. The molecule has 3 atom stereocenters. The lowest BCUT2D eigenvalue weighted by Crippen LogP contribution is -2.63. The molecule has 2 aliphatic carbocycles. The van der Waals surface area contributed by atoms with Gasteiger partial charge in [0.25, 0.3) is 0 Å². The Morgan fingerprint density at radius 2 is 1.07 bits per heavy atom. The monoisotopic (exact) mass is 907 g/mol. The van der Waals surface area contributed by atoms with Gasteiger partial charge in [-0.15, -0.1) is 0 Å². The summed E-state index contributed by atoms with van der Waals surface area (Å²) in [6.45, 7) is 29.1. The number of allylic oxidation sites excluding steroid dienone is 4. The Bertz CT molecular complexity index is 2980. The Balaban J connectivity index is 1.27. The van der Waals surface area contributed by atoms with E-state index in [1.165, 1.54) is 72.0 Å². The van der Waals surface area contributed by atoms with Gasteiger partial charge in [-0.25, -0.2) is 0 Å². The number of benzene rings is 6. The number of nitrogens with zero attached hydrogens (tertiary/aromatic N) is 2. The fourth-order valence-corrected chi connectivity index (χ4v) is 14.3. The van der Waals surface area contributed by atoms with Crippen LogP contribution >= 0.6 is 0 Å². The number of fused-ring (bicyclic) bond motifs is 4. The summed E-state index contributed by atoms with van der Waals surface area (Å²) in [5, 5.41) is 2.92. The molecule has 68 heavy (non-hydrogen) atoms. The first-order valence-corrected chi connectivity index (χ1v) is 28.2. The minimum Gasteiger partial charge on any atom is -0.335 e. The Morgan fingerprint density at radius 1 is 0.515 bits per heavy atom. The van der Waals surface area contributed by atoms with E-state index in [-0.39, 0.29) is 46.3 Å². The molecule has 6 aromatic carbocycles. The highest BCUT2D eigenvalue weighted by atomic mass is 28.3. The number of anilines is 4. The molecule has 2 nitrogen and oxygen atoms in total. The molecule has 0 fully saturated rings. The van der Waals surface area contributed by atoms with Crippen molar-refractivity contribution in [1.29, 1.82) is 0 Å². The maximum atomic E-state index is 2.80. The summed E-state index contributed by atoms with van der Waals surface area (Å²) in [4.78, 5) is 5.55. The molecule has 10 rings (SSSR count). The molecule has 0 aromatic heterocycles. The molecule has 2 aliphatic heterocycles. The number of rotatable bonds is 8. The van der Waals surface area contributed by atoms with Crippen LogP contribution in [0.5, 0.6) is 0 Å². The third-order valence-electron chi connectivity index (χ3n) is 16.6. The van der Waals surface area contributed by atoms with Gasteiger partial charge in [0.05, 0.1) is 12.1 Å². The van der Waals surface area contributed by atoms with E-state index in [1.807, 2.05) is 0 Å². The second-order valence-corrected chi connectivity index (χ2v) is 28.2. The molecule has 0 spiro atoms. The topological polar surface area (TPSA) is 6.48 Å². The molecule has 0 radical (unpaired) electrons. The first-order valence-electron chi connectivity index (χ1n) is 25.2. The first kappa shape index (κ1) is 45.9. The SMILES string of the molecule is CC(C)(C)C1=CC=C2B3c4c(cc([Si](C)(C)c5ccccc5)cc4N(c4ccc(C(C)(C)c5ccccc5)cc4)C4C=CC(C(C)(C)c5ccccc5)=CC34)N(c3cccc(C(C)(C)C)c3)C2C1. The number of hydrogen-bond acceptors (Lipinski definition) is 2. The van der Waals surface area contributed by atoms with Crippen LogP contribution in [0.2, 0.25) is 18.9 Å². The van der Waals surface area contributed by atoms with Crippen LogP contribution in [-0.2, 0) is 16.2 Å². The Hall–Kier alpha value is -5.84. The van der Waals surface area contributed by atoms with Crippen molar-refractivity contribution in [3.63, 3.8) is 0 Å². The van der Waals surface area contributed by atoms with E-state index in [2.05, 4.69) is 274 Å². The molecule has 0 saturated carbocycles. The van der Waals surface area contributed by atoms with Gasteiger partial charge in [0.2, 0.25) is 6.71 Å². The molecule has 0 amide bonds. The Kier molecular flexibility index (Phi) is 11.3. The van der Waals surface area contributed by atoms with Crippen LogP contribution in [0.4, 0.5) is 22.7 Å². The van der Waals surface area contributed by atoms with Crippen LogP contribution in [0.3, 0.4) is 0 Å². The van der Waals surface area contributed by atoms with Crippen LogP contribution in [0.25, 0.3) is 0 Å². The summed E-state index contributed by atoms with van der Waals surface area (Å²) in [6.07, 6.45) is 13.8. The van der Waals surface area contributed by atoms with Gasteiger partial charge in [0.15, 0.2) is 0 Å². The van der Waals surface area contributed by atoms with Gasteiger partial charge in [-0.1, -0.05) is 249 Å². The largest absolute Gasteiger partial charge is 0.335 e.